The summed E-state index contributed by atoms with van der Waals surface area (Å²) in [5.41, 5.74) is -0.213. The van der Waals surface area contributed by atoms with Gasteiger partial charge in [0.05, 0.1) is 16.4 Å². The molecule has 3 rings (SSSR count). The maximum absolute atomic E-state index is 13.9. The maximum atomic E-state index is 13.9. The molecule has 0 saturated carbocycles. The number of carbonyl (C=O) groups is 4. The molecule has 2 heterocycles. The monoisotopic (exact) mass is 478 g/mol. The number of halogens is 2. The first-order chi connectivity index (χ1) is 15.7. The van der Waals surface area contributed by atoms with Gasteiger partial charge in [0, 0.05) is 37.5 Å². The van der Waals surface area contributed by atoms with E-state index in [4.69, 9.17) is 4.74 Å². The molecule has 1 aromatic heterocycles. The molecule has 0 bridgehead atoms. The van der Waals surface area contributed by atoms with Crippen molar-refractivity contribution in [2.45, 2.75) is 26.2 Å². The van der Waals surface area contributed by atoms with Crippen molar-refractivity contribution in [3.63, 3.8) is 0 Å². The number of thiophene rings is 1. The lowest BCUT2D eigenvalue weighted by atomic mass is 9.96. The Hall–Kier alpha value is -3.14. The molecule has 1 aliphatic heterocycles. The summed E-state index contributed by atoms with van der Waals surface area (Å²) in [7, 11) is 0. The van der Waals surface area contributed by atoms with Crippen molar-refractivity contribution in [2.24, 2.45) is 5.92 Å². The Morgan fingerprint density at radius 1 is 1.12 bits per heavy atom. The number of piperidine rings is 1. The maximum Gasteiger partial charge on any atom is 0.309 e. The van der Waals surface area contributed by atoms with Crippen LogP contribution in [0.4, 0.5) is 8.78 Å². The number of hydrogen-bond donors (Lipinski definition) is 1. The first-order valence-corrected chi connectivity index (χ1v) is 11.3. The van der Waals surface area contributed by atoms with E-state index in [1.807, 2.05) is 0 Å². The number of likely N-dealkylation sites (tertiary alicyclic amines) is 1. The molecule has 0 unspecified atom stereocenters. The molecule has 7 nitrogen and oxygen atoms in total. The van der Waals surface area contributed by atoms with Crippen LogP contribution in [0.1, 0.15) is 44.7 Å². The topological polar surface area (TPSA) is 92.8 Å². The molecule has 0 radical (unpaired) electrons. The Labute approximate surface area is 193 Å². The standard InChI is InChI=1S/C23H24F2N2O5S/c1-14(28)26-9-6-17-3-5-21(33-17)20(29)13-32-23(31)15-7-10-27(11-8-15)22(30)18-4-2-16(24)12-19(18)25/h2-5,12,15H,6-11,13H2,1H3,(H,26,28). The van der Waals surface area contributed by atoms with Gasteiger partial charge in [0.15, 0.2) is 6.61 Å². The average Bonchev–Trinajstić information content (AvgIpc) is 3.26. The Morgan fingerprint density at radius 3 is 2.52 bits per heavy atom. The lowest BCUT2D eigenvalue weighted by Gasteiger charge is -2.31. The van der Waals surface area contributed by atoms with Gasteiger partial charge in [-0.2, -0.15) is 0 Å². The number of amides is 2. The predicted octanol–water partition coefficient (Wildman–Crippen LogP) is 2.98. The number of rotatable bonds is 8. The molecule has 2 aromatic rings. The van der Waals surface area contributed by atoms with Crippen LogP contribution in [0.15, 0.2) is 30.3 Å². The summed E-state index contributed by atoms with van der Waals surface area (Å²) in [5, 5.41) is 2.69. The number of ether oxygens (including phenoxy) is 1. The van der Waals surface area contributed by atoms with Gasteiger partial charge in [0.2, 0.25) is 11.7 Å². The average molecular weight is 479 g/mol. The van der Waals surface area contributed by atoms with Gasteiger partial charge in [0.1, 0.15) is 11.6 Å². The van der Waals surface area contributed by atoms with Gasteiger partial charge in [-0.1, -0.05) is 0 Å². The fraction of sp³-hybridized carbons (Fsp3) is 0.391. The van der Waals surface area contributed by atoms with E-state index in [-0.39, 0.29) is 37.0 Å². The molecule has 176 valence electrons. The summed E-state index contributed by atoms with van der Waals surface area (Å²) in [6.45, 7) is 2.00. The fourth-order valence-corrected chi connectivity index (χ4v) is 4.43. The molecule has 1 saturated heterocycles. The van der Waals surface area contributed by atoms with Crippen LogP contribution in [0.5, 0.6) is 0 Å². The van der Waals surface area contributed by atoms with E-state index in [0.29, 0.717) is 36.8 Å². The summed E-state index contributed by atoms with van der Waals surface area (Å²) in [4.78, 5) is 50.9. The molecule has 10 heteroatoms. The summed E-state index contributed by atoms with van der Waals surface area (Å²) in [5.74, 6) is -3.63. The third-order valence-electron chi connectivity index (χ3n) is 5.30. The van der Waals surface area contributed by atoms with Crippen molar-refractivity contribution < 1.29 is 32.7 Å². The zero-order valence-corrected chi connectivity index (χ0v) is 18.9. The zero-order valence-electron chi connectivity index (χ0n) is 18.1. The Bertz CT molecular complexity index is 1050. The second kappa shape index (κ2) is 11.1. The van der Waals surface area contributed by atoms with Crippen molar-refractivity contribution in [2.75, 3.05) is 26.2 Å². The molecule has 1 aromatic carbocycles. The summed E-state index contributed by atoms with van der Waals surface area (Å²) in [6, 6.07) is 6.26. The van der Waals surface area contributed by atoms with E-state index in [2.05, 4.69) is 5.32 Å². The summed E-state index contributed by atoms with van der Waals surface area (Å²) in [6.07, 6.45) is 1.26. The summed E-state index contributed by atoms with van der Waals surface area (Å²) < 4.78 is 32.1. The van der Waals surface area contributed by atoms with Gasteiger partial charge in [-0.25, -0.2) is 8.78 Å². The molecule has 33 heavy (non-hydrogen) atoms. The first-order valence-electron chi connectivity index (χ1n) is 10.5. The molecule has 0 spiro atoms. The number of hydrogen-bond acceptors (Lipinski definition) is 6. The van der Waals surface area contributed by atoms with Gasteiger partial charge in [0.25, 0.3) is 5.91 Å². The van der Waals surface area contributed by atoms with Crippen molar-refractivity contribution >= 4 is 34.9 Å². The predicted molar refractivity (Wildman–Crippen MR) is 117 cm³/mol. The molecule has 1 aliphatic rings. The van der Waals surface area contributed by atoms with Gasteiger partial charge in [-0.15, -0.1) is 11.3 Å². The SMILES string of the molecule is CC(=O)NCCc1ccc(C(=O)COC(=O)C2CCN(C(=O)c3ccc(F)cc3F)CC2)s1. The van der Waals surface area contributed by atoms with Crippen molar-refractivity contribution in [3.05, 3.63) is 57.3 Å². The zero-order chi connectivity index (χ0) is 24.0. The number of Topliss-reactive ketones (excluding diaryl/α,β-unsaturated/α-hetero) is 1. The van der Waals surface area contributed by atoms with Gasteiger partial charge >= 0.3 is 5.97 Å². The number of esters is 1. The van der Waals surface area contributed by atoms with Crippen LogP contribution in [0.2, 0.25) is 0 Å². The van der Waals surface area contributed by atoms with Crippen LogP contribution < -0.4 is 5.32 Å². The largest absolute Gasteiger partial charge is 0.457 e. The van der Waals surface area contributed by atoms with Crippen LogP contribution in [0.25, 0.3) is 0 Å². The van der Waals surface area contributed by atoms with Gasteiger partial charge < -0.3 is 15.0 Å². The lowest BCUT2D eigenvalue weighted by Crippen LogP contribution is -2.41. The third kappa shape index (κ3) is 6.67. The van der Waals surface area contributed by atoms with E-state index in [9.17, 15) is 28.0 Å². The first kappa shape index (κ1) is 24.5. The minimum absolute atomic E-state index is 0.118. The highest BCUT2D eigenvalue weighted by atomic mass is 32.1. The number of nitrogens with one attached hydrogen (secondary N) is 1. The third-order valence-corrected chi connectivity index (χ3v) is 6.49. The fourth-order valence-electron chi connectivity index (χ4n) is 3.50. The summed E-state index contributed by atoms with van der Waals surface area (Å²) >= 11 is 1.29. The molecular weight excluding hydrogens is 454 g/mol. The second-order valence-corrected chi connectivity index (χ2v) is 8.89. The minimum Gasteiger partial charge on any atom is -0.457 e. The van der Waals surface area contributed by atoms with E-state index < -0.39 is 29.4 Å². The minimum atomic E-state index is -0.924. The highest BCUT2D eigenvalue weighted by Gasteiger charge is 2.30. The van der Waals surface area contributed by atoms with Gasteiger partial charge in [-0.05, 0) is 43.5 Å². The second-order valence-electron chi connectivity index (χ2n) is 7.72. The van der Waals surface area contributed by atoms with Crippen LogP contribution in [0.3, 0.4) is 0 Å². The van der Waals surface area contributed by atoms with E-state index in [1.54, 1.807) is 12.1 Å². The molecule has 1 fully saturated rings. The van der Waals surface area contributed by atoms with E-state index in [0.717, 1.165) is 17.0 Å². The molecule has 0 atom stereocenters. The number of benzene rings is 1. The molecular formula is C23H24F2N2O5S. The highest BCUT2D eigenvalue weighted by Crippen LogP contribution is 2.22. The smallest absolute Gasteiger partial charge is 0.309 e. The van der Waals surface area contributed by atoms with Crippen LogP contribution >= 0.6 is 11.3 Å². The van der Waals surface area contributed by atoms with Gasteiger partial charge in [-0.3, -0.25) is 19.2 Å². The van der Waals surface area contributed by atoms with Crippen LogP contribution in [-0.2, 0) is 20.7 Å². The normalized spacial score (nSPS) is 14.1. The molecule has 2 amide bonds. The Morgan fingerprint density at radius 2 is 1.85 bits per heavy atom. The number of nitrogens with zero attached hydrogens (tertiary/aromatic N) is 1. The van der Waals surface area contributed by atoms with Crippen molar-refractivity contribution in [3.8, 4) is 0 Å². The molecule has 1 N–H and O–H groups in total. The quantitative estimate of drug-likeness (QED) is 0.465. The number of ketones is 1. The highest BCUT2D eigenvalue weighted by molar-refractivity contribution is 7.14. The van der Waals surface area contributed by atoms with Crippen LogP contribution in [-0.4, -0.2) is 54.7 Å². The lowest BCUT2D eigenvalue weighted by molar-refractivity contribution is -0.148. The van der Waals surface area contributed by atoms with Crippen LogP contribution in [0, 0.1) is 17.6 Å². The molecule has 0 aliphatic carbocycles. The Kier molecular flexibility index (Phi) is 8.26. The van der Waals surface area contributed by atoms with E-state index >= 15 is 0 Å². The van der Waals surface area contributed by atoms with Crippen molar-refractivity contribution in [1.82, 2.24) is 10.2 Å². The number of carbonyl (C=O) groups excluding carboxylic acids is 4. The van der Waals surface area contributed by atoms with Crippen molar-refractivity contribution in [1.29, 1.82) is 0 Å². The van der Waals surface area contributed by atoms with E-state index in [1.165, 1.54) is 23.2 Å². The Balaban J connectivity index is 1.44.